The summed E-state index contributed by atoms with van der Waals surface area (Å²) in [5, 5.41) is 9.56. The Morgan fingerprint density at radius 3 is 1.90 bits per heavy atom. The summed E-state index contributed by atoms with van der Waals surface area (Å²) in [7, 11) is 4.47. The fourth-order valence-electron chi connectivity index (χ4n) is 1.96. The Labute approximate surface area is 122 Å². The van der Waals surface area contributed by atoms with Gasteiger partial charge in [-0.15, -0.1) is 0 Å². The maximum Gasteiger partial charge on any atom is 0.193 e. The van der Waals surface area contributed by atoms with Crippen LogP contribution in [0.2, 0.25) is 0 Å². The lowest BCUT2D eigenvalue weighted by Crippen LogP contribution is -2.03. The van der Waals surface area contributed by atoms with E-state index in [2.05, 4.69) is 0 Å². The molecule has 0 spiro atoms. The summed E-state index contributed by atoms with van der Waals surface area (Å²) < 4.78 is 15.3. The van der Waals surface area contributed by atoms with Gasteiger partial charge in [-0.1, -0.05) is 0 Å². The predicted molar refractivity (Wildman–Crippen MR) is 77.6 cm³/mol. The molecule has 0 aromatic heterocycles. The van der Waals surface area contributed by atoms with Crippen LogP contribution < -0.4 is 14.2 Å². The molecule has 5 heteroatoms. The molecule has 21 heavy (non-hydrogen) atoms. The van der Waals surface area contributed by atoms with Gasteiger partial charge in [0.25, 0.3) is 0 Å². The fourth-order valence-corrected chi connectivity index (χ4v) is 1.96. The summed E-state index contributed by atoms with van der Waals surface area (Å²) in [4.78, 5) is 12.5. The average Bonchev–Trinajstić information content (AvgIpc) is 2.53. The van der Waals surface area contributed by atoms with Crippen molar-refractivity contribution in [2.45, 2.75) is 0 Å². The van der Waals surface area contributed by atoms with Gasteiger partial charge in [-0.05, 0) is 36.4 Å². The number of phenolic OH excluding ortho intramolecular Hbond substituents is 1. The molecule has 0 saturated carbocycles. The van der Waals surface area contributed by atoms with Crippen LogP contribution in [0.5, 0.6) is 23.0 Å². The molecule has 2 rings (SSSR count). The third kappa shape index (κ3) is 2.91. The van der Waals surface area contributed by atoms with E-state index in [1.54, 1.807) is 18.2 Å². The Kier molecular flexibility index (Phi) is 4.33. The van der Waals surface area contributed by atoms with E-state index in [4.69, 9.17) is 14.2 Å². The number of hydrogen-bond acceptors (Lipinski definition) is 5. The summed E-state index contributed by atoms with van der Waals surface area (Å²) in [6.45, 7) is 0. The zero-order valence-electron chi connectivity index (χ0n) is 12.0. The van der Waals surface area contributed by atoms with Gasteiger partial charge >= 0.3 is 0 Å². The van der Waals surface area contributed by atoms with Gasteiger partial charge in [0, 0.05) is 11.1 Å². The minimum Gasteiger partial charge on any atom is -0.504 e. The number of rotatable bonds is 5. The average molecular weight is 288 g/mol. The monoisotopic (exact) mass is 288 g/mol. The number of benzene rings is 2. The van der Waals surface area contributed by atoms with Crippen molar-refractivity contribution in [1.82, 2.24) is 0 Å². The van der Waals surface area contributed by atoms with E-state index in [9.17, 15) is 9.90 Å². The summed E-state index contributed by atoms with van der Waals surface area (Å²) in [5.74, 6) is 1.07. The van der Waals surface area contributed by atoms with Crippen molar-refractivity contribution in [3.8, 4) is 23.0 Å². The van der Waals surface area contributed by atoms with Crippen LogP contribution in [0, 0.1) is 0 Å². The lowest BCUT2D eigenvalue weighted by Gasteiger charge is -2.10. The molecule has 0 amide bonds. The standard InChI is InChI=1S/C16H16O5/c1-19-13-7-5-11(9-15(13)21-3)16(18)10-4-6-12(17)14(8-10)20-2/h4-9,17H,1-3H3. The van der Waals surface area contributed by atoms with Gasteiger partial charge in [-0.3, -0.25) is 4.79 Å². The second-order valence-corrected chi connectivity index (χ2v) is 4.29. The topological polar surface area (TPSA) is 65.0 Å². The molecule has 0 radical (unpaired) electrons. The fraction of sp³-hybridized carbons (Fsp3) is 0.188. The first-order chi connectivity index (χ1) is 10.1. The van der Waals surface area contributed by atoms with Crippen molar-refractivity contribution in [2.24, 2.45) is 0 Å². The molecule has 0 saturated heterocycles. The highest BCUT2D eigenvalue weighted by molar-refractivity contribution is 6.09. The molecule has 2 aromatic rings. The van der Waals surface area contributed by atoms with Crippen LogP contribution in [-0.2, 0) is 0 Å². The Bertz CT molecular complexity index is 664. The smallest absolute Gasteiger partial charge is 0.193 e. The lowest BCUT2D eigenvalue weighted by molar-refractivity contribution is 0.103. The quantitative estimate of drug-likeness (QED) is 0.857. The molecule has 0 aliphatic heterocycles. The number of carbonyl (C=O) groups is 1. The van der Waals surface area contributed by atoms with E-state index in [0.717, 1.165) is 0 Å². The molecule has 1 N–H and O–H groups in total. The van der Waals surface area contributed by atoms with E-state index in [1.807, 2.05) is 0 Å². The number of hydrogen-bond donors (Lipinski definition) is 1. The Balaban J connectivity index is 2.40. The van der Waals surface area contributed by atoms with Crippen molar-refractivity contribution in [2.75, 3.05) is 21.3 Å². The van der Waals surface area contributed by atoms with E-state index >= 15 is 0 Å². The summed E-state index contributed by atoms with van der Waals surface area (Å²) >= 11 is 0. The highest BCUT2D eigenvalue weighted by Crippen LogP contribution is 2.30. The molecule has 0 aliphatic carbocycles. The lowest BCUT2D eigenvalue weighted by atomic mass is 10.0. The molecule has 5 nitrogen and oxygen atoms in total. The molecule has 0 unspecified atom stereocenters. The molecule has 0 bridgehead atoms. The van der Waals surface area contributed by atoms with E-state index in [0.29, 0.717) is 22.6 Å². The van der Waals surface area contributed by atoms with Gasteiger partial charge < -0.3 is 19.3 Å². The van der Waals surface area contributed by atoms with E-state index < -0.39 is 0 Å². The van der Waals surface area contributed by atoms with Gasteiger partial charge in [0.15, 0.2) is 28.8 Å². The van der Waals surface area contributed by atoms with Crippen molar-refractivity contribution in [3.63, 3.8) is 0 Å². The van der Waals surface area contributed by atoms with Gasteiger partial charge in [0.05, 0.1) is 21.3 Å². The van der Waals surface area contributed by atoms with Crippen LogP contribution in [-0.4, -0.2) is 32.2 Å². The van der Waals surface area contributed by atoms with Gasteiger partial charge in [0.2, 0.25) is 0 Å². The third-order valence-corrected chi connectivity index (χ3v) is 3.09. The molecule has 0 atom stereocenters. The number of phenols is 1. The van der Waals surface area contributed by atoms with Crippen LogP contribution >= 0.6 is 0 Å². The van der Waals surface area contributed by atoms with Gasteiger partial charge in [0.1, 0.15) is 0 Å². The van der Waals surface area contributed by atoms with Crippen molar-refractivity contribution < 1.29 is 24.1 Å². The second-order valence-electron chi connectivity index (χ2n) is 4.29. The van der Waals surface area contributed by atoms with Crippen LogP contribution in [0.25, 0.3) is 0 Å². The SMILES string of the molecule is COc1cc(C(=O)c2ccc(OC)c(OC)c2)ccc1O. The summed E-state index contributed by atoms with van der Waals surface area (Å²) in [6, 6.07) is 9.39. The Morgan fingerprint density at radius 1 is 0.810 bits per heavy atom. The van der Waals surface area contributed by atoms with Crippen molar-refractivity contribution in [3.05, 3.63) is 47.5 Å². The van der Waals surface area contributed by atoms with Crippen molar-refractivity contribution in [1.29, 1.82) is 0 Å². The number of aromatic hydroxyl groups is 1. The third-order valence-electron chi connectivity index (χ3n) is 3.09. The van der Waals surface area contributed by atoms with E-state index in [1.165, 1.54) is 39.5 Å². The molecular formula is C16H16O5. The first kappa shape index (κ1) is 14.7. The first-order valence-corrected chi connectivity index (χ1v) is 6.24. The second kappa shape index (κ2) is 6.17. The summed E-state index contributed by atoms with van der Waals surface area (Å²) in [5.41, 5.74) is 0.872. The largest absolute Gasteiger partial charge is 0.504 e. The summed E-state index contributed by atoms with van der Waals surface area (Å²) in [6.07, 6.45) is 0. The Morgan fingerprint density at radius 2 is 1.33 bits per heavy atom. The molecular weight excluding hydrogens is 272 g/mol. The molecule has 0 fully saturated rings. The number of ketones is 1. The zero-order chi connectivity index (χ0) is 15.4. The first-order valence-electron chi connectivity index (χ1n) is 6.24. The van der Waals surface area contributed by atoms with Crippen molar-refractivity contribution >= 4 is 5.78 Å². The van der Waals surface area contributed by atoms with Crippen LogP contribution in [0.15, 0.2) is 36.4 Å². The molecule has 2 aromatic carbocycles. The van der Waals surface area contributed by atoms with Gasteiger partial charge in [-0.2, -0.15) is 0 Å². The normalized spacial score (nSPS) is 10.0. The maximum absolute atomic E-state index is 12.5. The zero-order valence-corrected chi connectivity index (χ0v) is 12.0. The van der Waals surface area contributed by atoms with Crippen LogP contribution in [0.3, 0.4) is 0 Å². The highest BCUT2D eigenvalue weighted by Gasteiger charge is 2.14. The highest BCUT2D eigenvalue weighted by atomic mass is 16.5. The number of carbonyl (C=O) groups excluding carboxylic acids is 1. The molecule has 110 valence electrons. The molecule has 0 aliphatic rings. The molecule has 0 heterocycles. The minimum atomic E-state index is -0.200. The predicted octanol–water partition coefficient (Wildman–Crippen LogP) is 2.65. The van der Waals surface area contributed by atoms with E-state index in [-0.39, 0.29) is 17.3 Å². The minimum absolute atomic E-state index is 0.0126. The Hall–Kier alpha value is -2.69. The van der Waals surface area contributed by atoms with Crippen LogP contribution in [0.1, 0.15) is 15.9 Å². The van der Waals surface area contributed by atoms with Crippen LogP contribution in [0.4, 0.5) is 0 Å². The number of ether oxygens (including phenoxy) is 3. The van der Waals surface area contributed by atoms with Gasteiger partial charge in [-0.25, -0.2) is 0 Å². The number of methoxy groups -OCH3 is 3. The maximum atomic E-state index is 12.5.